The Morgan fingerprint density at radius 3 is 2.42 bits per heavy atom. The van der Waals surface area contributed by atoms with Gasteiger partial charge in [-0.15, -0.1) is 0 Å². The van der Waals surface area contributed by atoms with E-state index in [1.165, 1.54) is 13.1 Å². The second kappa shape index (κ2) is 6.23. The molecule has 0 spiro atoms. The molecule has 24 heavy (non-hydrogen) atoms. The molecule has 1 N–H and O–H groups in total. The number of hydrogen-bond donors (Lipinski definition) is 1. The summed E-state index contributed by atoms with van der Waals surface area (Å²) in [7, 11) is 0. The molecule has 1 atom stereocenters. The zero-order valence-electron chi connectivity index (χ0n) is 12.7. The fourth-order valence-electron chi connectivity index (χ4n) is 2.46. The number of ether oxygens (including phenoxy) is 1. The molecule has 3 aromatic rings. The maximum absolute atomic E-state index is 13.6. The van der Waals surface area contributed by atoms with Gasteiger partial charge in [0.2, 0.25) is 5.78 Å². The van der Waals surface area contributed by atoms with Gasteiger partial charge in [0.1, 0.15) is 17.2 Å². The Hall–Kier alpha value is -3.02. The summed E-state index contributed by atoms with van der Waals surface area (Å²) in [4.78, 5) is 27.4. The Kier molecular flexibility index (Phi) is 4.12. The average Bonchev–Trinajstić information content (AvgIpc) is 2.97. The second-order valence-corrected chi connectivity index (χ2v) is 5.26. The number of aromatic amines is 1. The number of halogens is 2. The third-order valence-electron chi connectivity index (χ3n) is 3.67. The number of H-pyrrole nitrogens is 1. The van der Waals surface area contributed by atoms with Crippen molar-refractivity contribution in [3.8, 4) is 0 Å². The number of esters is 1. The van der Waals surface area contributed by atoms with Gasteiger partial charge in [-0.25, -0.2) is 13.6 Å². The van der Waals surface area contributed by atoms with Crippen LogP contribution in [0.1, 0.15) is 27.6 Å². The molecule has 3 rings (SSSR count). The molecule has 1 aromatic heterocycles. The van der Waals surface area contributed by atoms with Crippen LogP contribution in [0.3, 0.4) is 0 Å². The third kappa shape index (κ3) is 2.78. The molecule has 2 aromatic carbocycles. The summed E-state index contributed by atoms with van der Waals surface area (Å²) in [5.74, 6) is -3.75. The molecule has 1 heterocycles. The highest BCUT2D eigenvalue weighted by molar-refractivity contribution is 6.10. The van der Waals surface area contributed by atoms with Gasteiger partial charge in [-0.3, -0.25) is 4.79 Å². The minimum absolute atomic E-state index is 0.347. The van der Waals surface area contributed by atoms with E-state index in [1.54, 1.807) is 18.2 Å². The van der Waals surface area contributed by atoms with Crippen molar-refractivity contribution >= 4 is 22.7 Å². The van der Waals surface area contributed by atoms with Crippen LogP contribution in [0.2, 0.25) is 0 Å². The molecule has 0 saturated heterocycles. The first-order valence-electron chi connectivity index (χ1n) is 7.24. The van der Waals surface area contributed by atoms with Gasteiger partial charge in [0.05, 0.1) is 0 Å². The predicted molar refractivity (Wildman–Crippen MR) is 83.9 cm³/mol. The Morgan fingerprint density at radius 1 is 1.04 bits per heavy atom. The van der Waals surface area contributed by atoms with Crippen molar-refractivity contribution in [2.24, 2.45) is 0 Å². The normalized spacial score (nSPS) is 12.1. The highest BCUT2D eigenvalue weighted by Crippen LogP contribution is 2.21. The summed E-state index contributed by atoms with van der Waals surface area (Å²) >= 11 is 0. The number of hydrogen-bond acceptors (Lipinski definition) is 3. The average molecular weight is 329 g/mol. The zero-order chi connectivity index (χ0) is 17.3. The van der Waals surface area contributed by atoms with Gasteiger partial charge < -0.3 is 9.72 Å². The smallest absolute Gasteiger partial charge is 0.344 e. The lowest BCUT2D eigenvalue weighted by Gasteiger charge is -2.12. The predicted octanol–water partition coefficient (Wildman–Crippen LogP) is 3.87. The van der Waals surface area contributed by atoms with Crippen LogP contribution in [0.25, 0.3) is 10.9 Å². The molecular formula is C18H13F2NO3. The lowest BCUT2D eigenvalue weighted by molar-refractivity contribution is 0.0310. The van der Waals surface area contributed by atoms with Crippen molar-refractivity contribution in [3.63, 3.8) is 0 Å². The lowest BCUT2D eigenvalue weighted by atomic mass is 10.1. The highest BCUT2D eigenvalue weighted by Gasteiger charge is 2.26. The Morgan fingerprint density at radius 2 is 1.71 bits per heavy atom. The van der Waals surface area contributed by atoms with Crippen molar-refractivity contribution in [1.82, 2.24) is 4.98 Å². The number of carbonyl (C=O) groups is 2. The van der Waals surface area contributed by atoms with Crippen molar-refractivity contribution in [2.45, 2.75) is 13.0 Å². The molecule has 0 amide bonds. The molecule has 122 valence electrons. The minimum atomic E-state index is -1.22. The first-order chi connectivity index (χ1) is 11.5. The molecule has 4 nitrogen and oxygen atoms in total. The van der Waals surface area contributed by atoms with E-state index in [9.17, 15) is 18.4 Å². The van der Waals surface area contributed by atoms with Gasteiger partial charge in [0, 0.05) is 22.7 Å². The van der Waals surface area contributed by atoms with Gasteiger partial charge in [-0.1, -0.05) is 24.3 Å². The van der Waals surface area contributed by atoms with Crippen molar-refractivity contribution in [1.29, 1.82) is 0 Å². The molecule has 0 aliphatic rings. The van der Waals surface area contributed by atoms with Crippen LogP contribution in [0.5, 0.6) is 0 Å². The van der Waals surface area contributed by atoms with Gasteiger partial charge in [0.15, 0.2) is 6.10 Å². The van der Waals surface area contributed by atoms with E-state index >= 15 is 0 Å². The van der Waals surface area contributed by atoms with E-state index in [1.807, 2.05) is 6.07 Å². The standard InChI is InChI=1S/C18H13F2NO3/c1-10(24-18(23)16-13(19)6-4-7-14(16)20)17(22)12-9-21-15-8-3-2-5-11(12)15/h2-10,21H,1H3/t10-/m0/s1. The van der Waals surface area contributed by atoms with Crippen molar-refractivity contribution in [3.05, 3.63) is 71.4 Å². The number of ketones is 1. The van der Waals surface area contributed by atoms with Gasteiger partial charge in [0.25, 0.3) is 0 Å². The first-order valence-corrected chi connectivity index (χ1v) is 7.24. The van der Waals surface area contributed by atoms with Crippen molar-refractivity contribution in [2.75, 3.05) is 0 Å². The van der Waals surface area contributed by atoms with E-state index in [0.717, 1.165) is 23.7 Å². The quantitative estimate of drug-likeness (QED) is 0.584. The summed E-state index contributed by atoms with van der Waals surface area (Å²) in [6.07, 6.45) is 0.330. The molecule has 0 saturated carbocycles. The maximum atomic E-state index is 13.6. The van der Waals surface area contributed by atoms with E-state index in [-0.39, 0.29) is 0 Å². The maximum Gasteiger partial charge on any atom is 0.344 e. The summed E-state index contributed by atoms with van der Waals surface area (Å²) in [6, 6.07) is 10.2. The number of nitrogens with one attached hydrogen (secondary N) is 1. The number of carbonyl (C=O) groups excluding carboxylic acids is 2. The number of aromatic nitrogens is 1. The molecule has 0 radical (unpaired) electrons. The van der Waals surface area contributed by atoms with E-state index in [0.29, 0.717) is 10.9 Å². The fraction of sp³-hybridized carbons (Fsp3) is 0.111. The molecule has 6 heteroatoms. The number of Topliss-reactive ketones (excluding diaryl/α,β-unsaturated/α-hetero) is 1. The van der Waals surface area contributed by atoms with Crippen molar-refractivity contribution < 1.29 is 23.1 Å². The van der Waals surface area contributed by atoms with E-state index in [4.69, 9.17) is 4.74 Å². The molecule has 0 aliphatic carbocycles. The van der Waals surface area contributed by atoms with E-state index in [2.05, 4.69) is 4.98 Å². The molecule has 0 fully saturated rings. The minimum Gasteiger partial charge on any atom is -0.451 e. The third-order valence-corrected chi connectivity index (χ3v) is 3.67. The van der Waals surface area contributed by atoms with Crippen LogP contribution in [-0.4, -0.2) is 22.8 Å². The molecule has 0 unspecified atom stereocenters. The van der Waals surface area contributed by atoms with E-state index < -0.39 is 35.1 Å². The summed E-state index contributed by atoms with van der Waals surface area (Å²) < 4.78 is 32.2. The highest BCUT2D eigenvalue weighted by atomic mass is 19.1. The van der Waals surface area contributed by atoms with Crippen LogP contribution < -0.4 is 0 Å². The Bertz CT molecular complexity index is 913. The second-order valence-electron chi connectivity index (χ2n) is 5.26. The van der Waals surface area contributed by atoms with Crippen LogP contribution in [0.15, 0.2) is 48.7 Å². The van der Waals surface area contributed by atoms with Crippen LogP contribution >= 0.6 is 0 Å². The van der Waals surface area contributed by atoms with Gasteiger partial charge >= 0.3 is 5.97 Å². The van der Waals surface area contributed by atoms with Crippen LogP contribution in [0, 0.1) is 11.6 Å². The Labute approximate surface area is 136 Å². The number of rotatable bonds is 4. The van der Waals surface area contributed by atoms with Gasteiger partial charge in [-0.2, -0.15) is 0 Å². The summed E-state index contributed by atoms with van der Waals surface area (Å²) in [6.45, 7) is 1.36. The number of benzene rings is 2. The SMILES string of the molecule is C[C@H](OC(=O)c1c(F)cccc1F)C(=O)c1c[nH]c2ccccc12. The van der Waals surface area contributed by atoms with Crippen LogP contribution in [0.4, 0.5) is 8.78 Å². The fourth-order valence-corrected chi connectivity index (χ4v) is 2.46. The summed E-state index contributed by atoms with van der Waals surface area (Å²) in [5.41, 5.74) is 0.301. The zero-order valence-corrected chi connectivity index (χ0v) is 12.7. The summed E-state index contributed by atoms with van der Waals surface area (Å²) in [5, 5.41) is 0.683. The largest absolute Gasteiger partial charge is 0.451 e. The first kappa shape index (κ1) is 15.9. The number of fused-ring (bicyclic) bond motifs is 1. The number of para-hydroxylation sites is 1. The lowest BCUT2D eigenvalue weighted by Crippen LogP contribution is -2.25. The van der Waals surface area contributed by atoms with Gasteiger partial charge in [-0.05, 0) is 25.1 Å². The van der Waals surface area contributed by atoms with Crippen LogP contribution in [-0.2, 0) is 4.74 Å². The Balaban J connectivity index is 1.83. The topological polar surface area (TPSA) is 59.2 Å². The molecule has 0 aliphatic heterocycles. The molecule has 0 bridgehead atoms. The molecular weight excluding hydrogens is 316 g/mol. The monoisotopic (exact) mass is 329 g/mol.